The average molecular weight is 265 g/mol. The van der Waals surface area contributed by atoms with Gasteiger partial charge in [0.2, 0.25) is 5.89 Å². The predicted molar refractivity (Wildman–Crippen MR) is 67.1 cm³/mol. The molecule has 0 unspecified atom stereocenters. The summed E-state index contributed by atoms with van der Waals surface area (Å²) in [6.45, 7) is 1.88. The Morgan fingerprint density at radius 1 is 1.32 bits per heavy atom. The quantitative estimate of drug-likeness (QED) is 0.769. The lowest BCUT2D eigenvalue weighted by Crippen LogP contribution is -2.18. The Labute approximate surface area is 110 Å². The molecule has 102 valence electrons. The number of nitrogens with one attached hydrogen (secondary N) is 1. The molecule has 19 heavy (non-hydrogen) atoms. The van der Waals surface area contributed by atoms with Crippen LogP contribution < -0.4 is 5.32 Å². The van der Waals surface area contributed by atoms with Gasteiger partial charge in [-0.05, 0) is 17.7 Å². The number of hydrogen-bond acceptors (Lipinski definition) is 5. The SMILES string of the molecule is COCCNCc1nc(Cc2ccc(F)cc2)no1. The molecule has 1 N–H and O–H groups in total. The molecule has 0 aliphatic rings. The maximum absolute atomic E-state index is 12.8. The van der Waals surface area contributed by atoms with E-state index in [9.17, 15) is 4.39 Å². The Morgan fingerprint density at radius 3 is 2.84 bits per heavy atom. The second-order valence-electron chi connectivity index (χ2n) is 4.08. The van der Waals surface area contributed by atoms with Gasteiger partial charge in [0.25, 0.3) is 0 Å². The molecular formula is C13H16FN3O2. The van der Waals surface area contributed by atoms with Crippen molar-refractivity contribution in [1.29, 1.82) is 0 Å². The predicted octanol–water partition coefficient (Wildman–Crippen LogP) is 1.54. The number of rotatable bonds is 7. The van der Waals surface area contributed by atoms with Crippen molar-refractivity contribution >= 4 is 0 Å². The van der Waals surface area contributed by atoms with Gasteiger partial charge in [-0.25, -0.2) is 4.39 Å². The molecule has 0 radical (unpaired) electrons. The standard InChI is InChI=1S/C13H16FN3O2/c1-18-7-6-15-9-13-16-12(17-19-13)8-10-2-4-11(14)5-3-10/h2-5,15H,6-9H2,1H3. The number of aromatic nitrogens is 2. The van der Waals surface area contributed by atoms with Gasteiger partial charge in [0.05, 0.1) is 13.2 Å². The van der Waals surface area contributed by atoms with Crippen LogP contribution >= 0.6 is 0 Å². The smallest absolute Gasteiger partial charge is 0.240 e. The lowest BCUT2D eigenvalue weighted by atomic mass is 10.1. The maximum Gasteiger partial charge on any atom is 0.240 e. The van der Waals surface area contributed by atoms with Gasteiger partial charge < -0.3 is 14.6 Å². The van der Waals surface area contributed by atoms with Crippen LogP contribution in [0.15, 0.2) is 28.8 Å². The van der Waals surface area contributed by atoms with E-state index in [-0.39, 0.29) is 5.82 Å². The fourth-order valence-corrected chi connectivity index (χ4v) is 1.59. The molecule has 0 spiro atoms. The Hall–Kier alpha value is -1.79. The van der Waals surface area contributed by atoms with Crippen LogP contribution in [0, 0.1) is 5.82 Å². The molecule has 2 rings (SSSR count). The van der Waals surface area contributed by atoms with Gasteiger partial charge in [-0.3, -0.25) is 0 Å². The first-order valence-electron chi connectivity index (χ1n) is 6.03. The van der Waals surface area contributed by atoms with E-state index in [1.807, 2.05) is 0 Å². The molecule has 0 saturated heterocycles. The van der Waals surface area contributed by atoms with Gasteiger partial charge in [0.1, 0.15) is 5.82 Å². The van der Waals surface area contributed by atoms with Crippen LogP contribution in [0.1, 0.15) is 17.3 Å². The zero-order chi connectivity index (χ0) is 13.5. The van der Waals surface area contributed by atoms with E-state index in [0.29, 0.717) is 31.3 Å². The van der Waals surface area contributed by atoms with Crippen LogP contribution in [-0.4, -0.2) is 30.4 Å². The van der Waals surface area contributed by atoms with E-state index in [1.54, 1.807) is 19.2 Å². The average Bonchev–Trinajstić information content (AvgIpc) is 2.85. The van der Waals surface area contributed by atoms with Crippen molar-refractivity contribution in [2.75, 3.05) is 20.3 Å². The van der Waals surface area contributed by atoms with Gasteiger partial charge >= 0.3 is 0 Å². The molecule has 1 aromatic carbocycles. The summed E-state index contributed by atoms with van der Waals surface area (Å²) in [4.78, 5) is 4.25. The first-order valence-corrected chi connectivity index (χ1v) is 6.03. The van der Waals surface area contributed by atoms with Crippen molar-refractivity contribution in [2.45, 2.75) is 13.0 Å². The molecule has 0 amide bonds. The fourth-order valence-electron chi connectivity index (χ4n) is 1.59. The molecule has 0 saturated carbocycles. The van der Waals surface area contributed by atoms with Crippen LogP contribution in [0.25, 0.3) is 0 Å². The molecule has 6 heteroatoms. The summed E-state index contributed by atoms with van der Waals surface area (Å²) in [7, 11) is 1.65. The highest BCUT2D eigenvalue weighted by atomic mass is 19.1. The second-order valence-corrected chi connectivity index (χ2v) is 4.08. The van der Waals surface area contributed by atoms with E-state index in [0.717, 1.165) is 12.1 Å². The monoisotopic (exact) mass is 265 g/mol. The molecule has 5 nitrogen and oxygen atoms in total. The number of halogens is 1. The molecule has 1 aromatic heterocycles. The molecule has 0 bridgehead atoms. The highest BCUT2D eigenvalue weighted by Gasteiger charge is 2.06. The Balaban J connectivity index is 1.85. The molecule has 0 fully saturated rings. The third kappa shape index (κ3) is 4.42. The van der Waals surface area contributed by atoms with Crippen molar-refractivity contribution in [2.24, 2.45) is 0 Å². The van der Waals surface area contributed by atoms with Gasteiger partial charge in [-0.15, -0.1) is 0 Å². The number of nitrogens with zero attached hydrogens (tertiary/aromatic N) is 2. The lowest BCUT2D eigenvalue weighted by Gasteiger charge is -1.98. The number of hydrogen-bond donors (Lipinski definition) is 1. The van der Waals surface area contributed by atoms with Crippen molar-refractivity contribution in [3.8, 4) is 0 Å². The molecule has 0 atom stereocenters. The zero-order valence-corrected chi connectivity index (χ0v) is 10.7. The van der Waals surface area contributed by atoms with Crippen LogP contribution in [0.2, 0.25) is 0 Å². The summed E-state index contributed by atoms with van der Waals surface area (Å²) in [5.74, 6) is 0.878. The third-order valence-electron chi connectivity index (χ3n) is 2.54. The highest BCUT2D eigenvalue weighted by molar-refractivity contribution is 5.19. The summed E-state index contributed by atoms with van der Waals surface area (Å²) in [5.41, 5.74) is 0.945. The van der Waals surface area contributed by atoms with Gasteiger partial charge in [0, 0.05) is 20.1 Å². The number of methoxy groups -OCH3 is 1. The summed E-state index contributed by atoms with van der Waals surface area (Å²) in [6.07, 6.45) is 0.530. The zero-order valence-electron chi connectivity index (χ0n) is 10.7. The summed E-state index contributed by atoms with van der Waals surface area (Å²) >= 11 is 0. The van der Waals surface area contributed by atoms with Gasteiger partial charge in [-0.1, -0.05) is 17.3 Å². The Bertz CT molecular complexity index is 499. The van der Waals surface area contributed by atoms with E-state index in [2.05, 4.69) is 15.5 Å². The van der Waals surface area contributed by atoms with Crippen LogP contribution in [0.3, 0.4) is 0 Å². The van der Waals surface area contributed by atoms with Crippen LogP contribution in [-0.2, 0) is 17.7 Å². The van der Waals surface area contributed by atoms with Crippen LogP contribution in [0.5, 0.6) is 0 Å². The Morgan fingerprint density at radius 2 is 2.11 bits per heavy atom. The fraction of sp³-hybridized carbons (Fsp3) is 0.385. The molecular weight excluding hydrogens is 249 g/mol. The number of benzene rings is 1. The summed E-state index contributed by atoms with van der Waals surface area (Å²) < 4.78 is 22.8. The van der Waals surface area contributed by atoms with Crippen molar-refractivity contribution in [1.82, 2.24) is 15.5 Å². The normalized spacial score (nSPS) is 10.8. The highest BCUT2D eigenvalue weighted by Crippen LogP contribution is 2.08. The van der Waals surface area contributed by atoms with Crippen molar-refractivity contribution in [3.63, 3.8) is 0 Å². The van der Waals surface area contributed by atoms with Crippen molar-refractivity contribution < 1.29 is 13.7 Å². The summed E-state index contributed by atoms with van der Waals surface area (Å²) in [6, 6.07) is 6.26. The van der Waals surface area contributed by atoms with E-state index < -0.39 is 0 Å². The van der Waals surface area contributed by atoms with Crippen LogP contribution in [0.4, 0.5) is 4.39 Å². The second kappa shape index (κ2) is 6.96. The first-order chi connectivity index (χ1) is 9.28. The third-order valence-corrected chi connectivity index (χ3v) is 2.54. The lowest BCUT2D eigenvalue weighted by molar-refractivity contribution is 0.197. The van der Waals surface area contributed by atoms with E-state index in [1.165, 1.54) is 12.1 Å². The minimum atomic E-state index is -0.250. The maximum atomic E-state index is 12.8. The van der Waals surface area contributed by atoms with E-state index >= 15 is 0 Å². The summed E-state index contributed by atoms with van der Waals surface area (Å²) in [5, 5.41) is 7.00. The van der Waals surface area contributed by atoms with E-state index in [4.69, 9.17) is 9.26 Å². The number of ether oxygens (including phenoxy) is 1. The molecule has 2 aromatic rings. The minimum absolute atomic E-state index is 0.250. The molecule has 0 aliphatic heterocycles. The van der Waals surface area contributed by atoms with Gasteiger partial charge in [-0.2, -0.15) is 4.98 Å². The van der Waals surface area contributed by atoms with Gasteiger partial charge in [0.15, 0.2) is 5.82 Å². The topological polar surface area (TPSA) is 60.2 Å². The minimum Gasteiger partial charge on any atom is -0.383 e. The largest absolute Gasteiger partial charge is 0.383 e. The molecule has 1 heterocycles. The molecule has 0 aliphatic carbocycles. The Kier molecular flexibility index (Phi) is 5.00. The first kappa shape index (κ1) is 13.6. The van der Waals surface area contributed by atoms with Crippen molar-refractivity contribution in [3.05, 3.63) is 47.4 Å².